The second kappa shape index (κ2) is 8.96. The van der Waals surface area contributed by atoms with Crippen LogP contribution in [0.5, 0.6) is 5.75 Å². The summed E-state index contributed by atoms with van der Waals surface area (Å²) in [4.78, 5) is 24.0. The van der Waals surface area contributed by atoms with Gasteiger partial charge < -0.3 is 15.4 Å². The first kappa shape index (κ1) is 19.4. The van der Waals surface area contributed by atoms with Gasteiger partial charge in [-0.1, -0.05) is 25.1 Å². The molecule has 0 spiro atoms. The molecular weight excluding hydrogens is 350 g/mol. The normalized spacial score (nSPS) is 9.96. The Kier molecular flexibility index (Phi) is 6.68. The highest BCUT2D eigenvalue weighted by molar-refractivity contribution is 7.80. The largest absolute Gasteiger partial charge is 0.496 e. The van der Waals surface area contributed by atoms with Gasteiger partial charge in [0.15, 0.2) is 5.11 Å². The van der Waals surface area contributed by atoms with E-state index in [0.717, 1.165) is 5.56 Å². The third kappa shape index (κ3) is 5.03. The molecule has 6 nitrogen and oxygen atoms in total. The number of nitrogens with one attached hydrogen (secondary N) is 3. The van der Waals surface area contributed by atoms with E-state index in [1.165, 1.54) is 7.11 Å². The summed E-state index contributed by atoms with van der Waals surface area (Å²) in [7, 11) is 1.50. The van der Waals surface area contributed by atoms with E-state index in [1.807, 2.05) is 19.1 Å². The molecule has 2 aromatic carbocycles. The molecule has 2 amide bonds. The van der Waals surface area contributed by atoms with Crippen LogP contribution < -0.4 is 20.7 Å². The van der Waals surface area contributed by atoms with Crippen molar-refractivity contribution in [3.05, 3.63) is 53.6 Å². The van der Waals surface area contributed by atoms with Crippen molar-refractivity contribution in [1.82, 2.24) is 5.32 Å². The maximum Gasteiger partial charge on any atom is 0.261 e. The Morgan fingerprint density at radius 3 is 2.54 bits per heavy atom. The molecule has 3 N–H and O–H groups in total. The molecular formula is C19H21N3O3S. The minimum atomic E-state index is -0.369. The Balaban J connectivity index is 2.06. The first-order valence-corrected chi connectivity index (χ1v) is 8.51. The topological polar surface area (TPSA) is 79.5 Å². The summed E-state index contributed by atoms with van der Waals surface area (Å²) in [6.45, 7) is 3.69. The number of ether oxygens (including phenoxy) is 1. The molecule has 0 bridgehead atoms. The summed E-state index contributed by atoms with van der Waals surface area (Å²) < 4.78 is 5.18. The Morgan fingerprint density at radius 2 is 1.85 bits per heavy atom. The maximum atomic E-state index is 12.4. The average molecular weight is 371 g/mol. The van der Waals surface area contributed by atoms with Crippen LogP contribution in [-0.4, -0.2) is 24.0 Å². The highest BCUT2D eigenvalue weighted by atomic mass is 32.1. The van der Waals surface area contributed by atoms with Crippen molar-refractivity contribution >= 4 is 40.5 Å². The number of methoxy groups -OCH3 is 1. The van der Waals surface area contributed by atoms with Gasteiger partial charge in [0.25, 0.3) is 5.91 Å². The predicted octanol–water partition coefficient (Wildman–Crippen LogP) is 3.48. The van der Waals surface area contributed by atoms with E-state index in [-0.39, 0.29) is 16.9 Å². The third-order valence-electron chi connectivity index (χ3n) is 3.67. The van der Waals surface area contributed by atoms with Crippen LogP contribution in [-0.2, 0) is 4.79 Å². The second-order valence-corrected chi connectivity index (χ2v) is 5.95. The standard InChI is InChI=1S/C19H21N3O3S/c1-4-17(23)21-15-11-13(10-9-12(15)2)20-19(26)22-18(24)14-7-5-6-8-16(14)25-3/h5-11H,4H2,1-3H3,(H,21,23)(H2,20,22,24,26). The van der Waals surface area contributed by atoms with Gasteiger partial charge in [-0.05, 0) is 49.0 Å². The Hall–Kier alpha value is -2.93. The lowest BCUT2D eigenvalue weighted by Crippen LogP contribution is -2.34. The van der Waals surface area contributed by atoms with E-state index in [2.05, 4.69) is 16.0 Å². The quantitative estimate of drug-likeness (QED) is 0.701. The first-order chi connectivity index (χ1) is 12.4. The van der Waals surface area contributed by atoms with Gasteiger partial charge in [0.2, 0.25) is 5.91 Å². The first-order valence-electron chi connectivity index (χ1n) is 8.10. The fourth-order valence-corrected chi connectivity index (χ4v) is 2.45. The van der Waals surface area contributed by atoms with Crippen LogP contribution in [0.3, 0.4) is 0 Å². The van der Waals surface area contributed by atoms with Gasteiger partial charge in [0.05, 0.1) is 12.7 Å². The number of anilines is 2. The Labute approximate surface area is 157 Å². The van der Waals surface area contributed by atoms with Gasteiger partial charge in [0, 0.05) is 17.8 Å². The lowest BCUT2D eigenvalue weighted by molar-refractivity contribution is -0.115. The molecule has 136 valence electrons. The van der Waals surface area contributed by atoms with Gasteiger partial charge in [-0.3, -0.25) is 14.9 Å². The molecule has 7 heteroatoms. The number of benzene rings is 2. The lowest BCUT2D eigenvalue weighted by Gasteiger charge is -2.14. The molecule has 2 rings (SSSR count). The lowest BCUT2D eigenvalue weighted by atomic mass is 10.1. The molecule has 0 atom stereocenters. The van der Waals surface area contributed by atoms with Crippen molar-refractivity contribution in [2.75, 3.05) is 17.7 Å². The number of carbonyl (C=O) groups excluding carboxylic acids is 2. The van der Waals surface area contributed by atoms with Crippen LogP contribution in [0.1, 0.15) is 29.3 Å². The van der Waals surface area contributed by atoms with Crippen molar-refractivity contribution < 1.29 is 14.3 Å². The minimum Gasteiger partial charge on any atom is -0.496 e. The van der Waals surface area contributed by atoms with E-state index >= 15 is 0 Å². The SMILES string of the molecule is CCC(=O)Nc1cc(NC(=S)NC(=O)c2ccccc2OC)ccc1C. The van der Waals surface area contributed by atoms with Crippen molar-refractivity contribution in [1.29, 1.82) is 0 Å². The summed E-state index contributed by atoms with van der Waals surface area (Å²) in [6, 6.07) is 12.3. The highest BCUT2D eigenvalue weighted by Crippen LogP contribution is 2.21. The average Bonchev–Trinajstić information content (AvgIpc) is 2.64. The van der Waals surface area contributed by atoms with E-state index in [4.69, 9.17) is 17.0 Å². The summed E-state index contributed by atoms with van der Waals surface area (Å²) in [5.41, 5.74) is 2.67. The molecule has 0 fully saturated rings. The molecule has 0 aromatic heterocycles. The number of hydrogen-bond acceptors (Lipinski definition) is 4. The monoisotopic (exact) mass is 371 g/mol. The van der Waals surface area contributed by atoms with Crippen LogP contribution in [0.2, 0.25) is 0 Å². The smallest absolute Gasteiger partial charge is 0.261 e. The molecule has 0 unspecified atom stereocenters. The molecule has 0 aliphatic carbocycles. The number of rotatable bonds is 5. The molecule has 26 heavy (non-hydrogen) atoms. The van der Waals surface area contributed by atoms with Crippen molar-refractivity contribution in [2.24, 2.45) is 0 Å². The number of carbonyl (C=O) groups is 2. The number of thiocarbonyl (C=S) groups is 1. The van der Waals surface area contributed by atoms with Gasteiger partial charge in [-0.2, -0.15) is 0 Å². The zero-order valence-corrected chi connectivity index (χ0v) is 15.7. The van der Waals surface area contributed by atoms with Crippen molar-refractivity contribution in [3.63, 3.8) is 0 Å². The summed E-state index contributed by atoms with van der Waals surface area (Å²) in [6.07, 6.45) is 0.393. The number of hydrogen-bond donors (Lipinski definition) is 3. The van der Waals surface area contributed by atoms with Crippen LogP contribution in [0.4, 0.5) is 11.4 Å². The number of aryl methyl sites for hydroxylation is 1. The molecule has 0 radical (unpaired) electrons. The zero-order chi connectivity index (χ0) is 19.1. The van der Waals surface area contributed by atoms with E-state index in [9.17, 15) is 9.59 Å². The van der Waals surface area contributed by atoms with Gasteiger partial charge >= 0.3 is 0 Å². The second-order valence-electron chi connectivity index (χ2n) is 5.54. The van der Waals surface area contributed by atoms with Gasteiger partial charge in [-0.15, -0.1) is 0 Å². The minimum absolute atomic E-state index is 0.0719. The van der Waals surface area contributed by atoms with Crippen LogP contribution in [0.25, 0.3) is 0 Å². The Bertz CT molecular complexity index is 837. The molecule has 2 aromatic rings. The fourth-order valence-electron chi connectivity index (χ4n) is 2.24. The molecule has 0 saturated heterocycles. The highest BCUT2D eigenvalue weighted by Gasteiger charge is 2.13. The number of para-hydroxylation sites is 1. The maximum absolute atomic E-state index is 12.4. The van der Waals surface area contributed by atoms with Crippen LogP contribution in [0.15, 0.2) is 42.5 Å². The van der Waals surface area contributed by atoms with Crippen LogP contribution >= 0.6 is 12.2 Å². The van der Waals surface area contributed by atoms with Gasteiger partial charge in [0.1, 0.15) is 5.75 Å². The molecule has 0 aliphatic heterocycles. The van der Waals surface area contributed by atoms with E-state index in [0.29, 0.717) is 29.1 Å². The molecule has 0 aliphatic rings. The molecule has 0 saturated carbocycles. The summed E-state index contributed by atoms with van der Waals surface area (Å²) >= 11 is 5.21. The van der Waals surface area contributed by atoms with E-state index < -0.39 is 0 Å². The Morgan fingerprint density at radius 1 is 1.12 bits per heavy atom. The van der Waals surface area contributed by atoms with E-state index in [1.54, 1.807) is 37.3 Å². The van der Waals surface area contributed by atoms with Gasteiger partial charge in [-0.25, -0.2) is 0 Å². The summed E-state index contributed by atoms with van der Waals surface area (Å²) in [5, 5.41) is 8.55. The zero-order valence-electron chi connectivity index (χ0n) is 14.9. The third-order valence-corrected chi connectivity index (χ3v) is 3.87. The molecule has 0 heterocycles. The summed E-state index contributed by atoms with van der Waals surface area (Å²) in [5.74, 6) is 0.0246. The van der Waals surface area contributed by atoms with Crippen LogP contribution in [0, 0.1) is 6.92 Å². The van der Waals surface area contributed by atoms with Crippen molar-refractivity contribution in [2.45, 2.75) is 20.3 Å². The van der Waals surface area contributed by atoms with Crippen molar-refractivity contribution in [3.8, 4) is 5.75 Å². The fraction of sp³-hybridized carbons (Fsp3) is 0.211. The number of amides is 2. The predicted molar refractivity (Wildman–Crippen MR) is 107 cm³/mol.